The van der Waals surface area contributed by atoms with Crippen LogP contribution in [0, 0.1) is 11.8 Å². The number of hydrogen-bond acceptors (Lipinski definition) is 7. The number of rotatable bonds is 7. The Balaban J connectivity index is 0.989. The highest BCUT2D eigenvalue weighted by Gasteiger charge is 2.29. The van der Waals surface area contributed by atoms with Gasteiger partial charge in [-0.2, -0.15) is 4.37 Å². The quantitative estimate of drug-likeness (QED) is 0.454. The van der Waals surface area contributed by atoms with Crippen LogP contribution < -0.4 is 19.7 Å². The van der Waals surface area contributed by atoms with E-state index in [1.54, 1.807) is 17.6 Å². The molecule has 8 heteroatoms. The van der Waals surface area contributed by atoms with Gasteiger partial charge in [-0.15, -0.1) is 0 Å². The highest BCUT2D eigenvalue weighted by atomic mass is 32.1. The zero-order valence-corrected chi connectivity index (χ0v) is 21.9. The molecule has 1 saturated heterocycles. The summed E-state index contributed by atoms with van der Waals surface area (Å²) in [5.74, 6) is 3.77. The second-order valence-corrected chi connectivity index (χ2v) is 11.1. The van der Waals surface area contributed by atoms with Crippen LogP contribution in [0.3, 0.4) is 0 Å². The van der Waals surface area contributed by atoms with Crippen molar-refractivity contribution in [3.05, 3.63) is 54.1 Å². The summed E-state index contributed by atoms with van der Waals surface area (Å²) >= 11 is 1.60. The second kappa shape index (κ2) is 11.1. The van der Waals surface area contributed by atoms with Gasteiger partial charge in [0.15, 0.2) is 11.5 Å². The van der Waals surface area contributed by atoms with E-state index in [4.69, 9.17) is 13.8 Å². The standard InChI is InChI=1S/C29H34N4O3S/c34-28(12-10-21-9-11-25-26(17-21)36-20-35-25)30-18-22-5-1-2-6-23(22)19-32-13-15-33(16-14-32)29-24-7-3-4-8-27(24)37-31-29/h3-4,7-12,17,22-23H,1-2,5-6,13-16,18-20H2,(H,30,34)/b12-10+/t22-,23+/m1/s1. The molecule has 0 spiro atoms. The van der Waals surface area contributed by atoms with Crippen LogP contribution in [0.2, 0.25) is 0 Å². The summed E-state index contributed by atoms with van der Waals surface area (Å²) < 4.78 is 16.8. The smallest absolute Gasteiger partial charge is 0.244 e. The summed E-state index contributed by atoms with van der Waals surface area (Å²) in [6.07, 6.45) is 8.46. The van der Waals surface area contributed by atoms with Gasteiger partial charge in [0.2, 0.25) is 12.7 Å². The van der Waals surface area contributed by atoms with Crippen molar-refractivity contribution in [2.24, 2.45) is 11.8 Å². The maximum atomic E-state index is 12.6. The predicted octanol–water partition coefficient (Wildman–Crippen LogP) is 4.78. The molecule has 0 unspecified atom stereocenters. The first kappa shape index (κ1) is 24.2. The number of aromatic nitrogens is 1. The zero-order valence-electron chi connectivity index (χ0n) is 21.1. The Hall–Kier alpha value is -3.10. The fraction of sp³-hybridized carbons (Fsp3) is 0.448. The molecule has 37 heavy (non-hydrogen) atoms. The maximum Gasteiger partial charge on any atom is 0.244 e. The van der Waals surface area contributed by atoms with Crippen molar-refractivity contribution in [1.82, 2.24) is 14.6 Å². The number of nitrogens with one attached hydrogen (secondary N) is 1. The van der Waals surface area contributed by atoms with Crippen LogP contribution in [0.5, 0.6) is 11.5 Å². The molecule has 1 aliphatic carbocycles. The first-order chi connectivity index (χ1) is 18.2. The molecule has 194 valence electrons. The highest BCUT2D eigenvalue weighted by Crippen LogP contribution is 2.34. The molecule has 1 saturated carbocycles. The van der Waals surface area contributed by atoms with Gasteiger partial charge in [-0.25, -0.2) is 0 Å². The van der Waals surface area contributed by atoms with E-state index in [1.807, 2.05) is 24.3 Å². The average Bonchev–Trinajstić information content (AvgIpc) is 3.59. The van der Waals surface area contributed by atoms with Crippen molar-refractivity contribution >= 4 is 39.4 Å². The maximum absolute atomic E-state index is 12.6. The van der Waals surface area contributed by atoms with E-state index in [2.05, 4.69) is 39.4 Å². The van der Waals surface area contributed by atoms with E-state index in [0.717, 1.165) is 62.1 Å². The molecule has 6 rings (SSSR count). The van der Waals surface area contributed by atoms with Crippen molar-refractivity contribution in [3.63, 3.8) is 0 Å². The minimum atomic E-state index is -0.0360. The molecule has 0 radical (unpaired) electrons. The lowest BCUT2D eigenvalue weighted by atomic mass is 9.78. The van der Waals surface area contributed by atoms with Gasteiger partial charge >= 0.3 is 0 Å². The molecular weight excluding hydrogens is 484 g/mol. The lowest BCUT2D eigenvalue weighted by Crippen LogP contribution is -2.49. The number of piperazine rings is 1. The number of nitrogens with zero attached hydrogens (tertiary/aromatic N) is 3. The Morgan fingerprint density at radius 1 is 1.03 bits per heavy atom. The lowest BCUT2D eigenvalue weighted by molar-refractivity contribution is -0.116. The molecule has 2 aromatic carbocycles. The third kappa shape index (κ3) is 5.60. The molecule has 1 amide bonds. The van der Waals surface area contributed by atoms with Crippen molar-refractivity contribution in [2.45, 2.75) is 25.7 Å². The number of fused-ring (bicyclic) bond motifs is 2. The number of ether oxygens (including phenoxy) is 2. The van der Waals surface area contributed by atoms with Crippen LogP contribution in [0.25, 0.3) is 16.2 Å². The third-order valence-electron chi connectivity index (χ3n) is 7.95. The number of anilines is 1. The molecular formula is C29H34N4O3S. The molecule has 3 aliphatic rings. The van der Waals surface area contributed by atoms with Gasteiger partial charge in [0.05, 0.1) is 4.70 Å². The Labute approximate surface area is 222 Å². The number of carbonyl (C=O) groups excluding carboxylic acids is 1. The fourth-order valence-corrected chi connectivity index (χ4v) is 6.64. The molecule has 3 aromatic rings. The normalized spacial score (nSPS) is 22.1. The predicted molar refractivity (Wildman–Crippen MR) is 148 cm³/mol. The van der Waals surface area contributed by atoms with Crippen molar-refractivity contribution in [2.75, 3.05) is 51.0 Å². The minimum absolute atomic E-state index is 0.0360. The summed E-state index contributed by atoms with van der Waals surface area (Å²) in [5, 5.41) is 4.44. The Morgan fingerprint density at radius 3 is 2.73 bits per heavy atom. The van der Waals surface area contributed by atoms with Gasteiger partial charge in [-0.05, 0) is 72.1 Å². The molecule has 2 atom stereocenters. The van der Waals surface area contributed by atoms with Crippen LogP contribution in [0.1, 0.15) is 31.2 Å². The van der Waals surface area contributed by atoms with Gasteiger partial charge < -0.3 is 19.7 Å². The Kier molecular flexibility index (Phi) is 7.28. The first-order valence-electron chi connectivity index (χ1n) is 13.4. The first-order valence-corrected chi connectivity index (χ1v) is 14.2. The summed E-state index contributed by atoms with van der Waals surface area (Å²) in [7, 11) is 0. The lowest BCUT2D eigenvalue weighted by Gasteiger charge is -2.40. The van der Waals surface area contributed by atoms with Crippen LogP contribution in [0.15, 0.2) is 48.5 Å². The minimum Gasteiger partial charge on any atom is -0.454 e. The van der Waals surface area contributed by atoms with Gasteiger partial charge in [0.1, 0.15) is 5.82 Å². The molecule has 3 heterocycles. The number of benzene rings is 2. The summed E-state index contributed by atoms with van der Waals surface area (Å²) in [5.41, 5.74) is 0.930. The summed E-state index contributed by atoms with van der Waals surface area (Å²) in [6.45, 7) is 6.31. The summed E-state index contributed by atoms with van der Waals surface area (Å²) in [4.78, 5) is 17.6. The Bertz CT molecular complexity index is 1270. The van der Waals surface area contributed by atoms with E-state index in [9.17, 15) is 4.79 Å². The van der Waals surface area contributed by atoms with Crippen LogP contribution >= 0.6 is 11.5 Å². The summed E-state index contributed by atoms with van der Waals surface area (Å²) in [6, 6.07) is 14.2. The van der Waals surface area contributed by atoms with Crippen molar-refractivity contribution in [1.29, 1.82) is 0 Å². The van der Waals surface area contributed by atoms with Gasteiger partial charge in [-0.3, -0.25) is 9.69 Å². The molecule has 0 bridgehead atoms. The van der Waals surface area contributed by atoms with E-state index in [0.29, 0.717) is 11.8 Å². The van der Waals surface area contributed by atoms with Crippen molar-refractivity contribution < 1.29 is 14.3 Å². The monoisotopic (exact) mass is 518 g/mol. The van der Waals surface area contributed by atoms with E-state index >= 15 is 0 Å². The molecule has 1 aromatic heterocycles. The molecule has 1 N–H and O–H groups in total. The fourth-order valence-electron chi connectivity index (χ4n) is 5.85. The average molecular weight is 519 g/mol. The second-order valence-electron chi connectivity index (χ2n) is 10.3. The number of carbonyl (C=O) groups is 1. The van der Waals surface area contributed by atoms with Crippen LogP contribution in [-0.4, -0.2) is 61.2 Å². The zero-order chi connectivity index (χ0) is 25.0. The van der Waals surface area contributed by atoms with E-state index < -0.39 is 0 Å². The third-order valence-corrected chi connectivity index (χ3v) is 8.77. The van der Waals surface area contributed by atoms with Gasteiger partial charge in [-0.1, -0.05) is 31.0 Å². The van der Waals surface area contributed by atoms with Crippen molar-refractivity contribution in [3.8, 4) is 11.5 Å². The molecule has 2 aliphatic heterocycles. The van der Waals surface area contributed by atoms with Gasteiger partial charge in [0, 0.05) is 50.7 Å². The molecule has 7 nitrogen and oxygen atoms in total. The topological polar surface area (TPSA) is 66.9 Å². The number of hydrogen-bond donors (Lipinski definition) is 1. The van der Waals surface area contributed by atoms with Gasteiger partial charge in [0.25, 0.3) is 0 Å². The van der Waals surface area contributed by atoms with E-state index in [-0.39, 0.29) is 12.7 Å². The molecule has 2 fully saturated rings. The van der Waals surface area contributed by atoms with Crippen LogP contribution in [-0.2, 0) is 4.79 Å². The largest absolute Gasteiger partial charge is 0.454 e. The van der Waals surface area contributed by atoms with E-state index in [1.165, 1.54) is 35.8 Å². The van der Waals surface area contributed by atoms with Crippen LogP contribution in [0.4, 0.5) is 5.82 Å². The number of amides is 1. The Morgan fingerprint density at radius 2 is 1.84 bits per heavy atom. The highest BCUT2D eigenvalue weighted by molar-refractivity contribution is 7.13. The SMILES string of the molecule is O=C(/C=C/c1ccc2c(c1)OCO2)NC[C@H]1CCCC[C@H]1CN1CCN(c2nsc3ccccc23)CC1.